The molecule has 3 nitrogen and oxygen atoms in total. The van der Waals surface area contributed by atoms with Crippen molar-refractivity contribution in [3.05, 3.63) is 66.4 Å². The first-order valence-corrected chi connectivity index (χ1v) is 6.05. The van der Waals surface area contributed by atoms with Crippen LogP contribution < -0.4 is 5.73 Å². The molecule has 0 bridgehead atoms. The van der Waals surface area contributed by atoms with E-state index >= 15 is 0 Å². The monoisotopic (exact) mass is 237 g/mol. The molecule has 3 rings (SSSR count). The molecule has 18 heavy (non-hydrogen) atoms. The number of hydrogen-bond donors (Lipinski definition) is 1. The molecule has 1 aromatic heterocycles. The number of para-hydroxylation sites is 1. The summed E-state index contributed by atoms with van der Waals surface area (Å²) in [7, 11) is 0. The van der Waals surface area contributed by atoms with Crippen molar-refractivity contribution < 1.29 is 0 Å². The van der Waals surface area contributed by atoms with Gasteiger partial charge < -0.3 is 5.73 Å². The van der Waals surface area contributed by atoms with Crippen molar-refractivity contribution in [1.29, 1.82) is 0 Å². The van der Waals surface area contributed by atoms with Crippen LogP contribution in [0.15, 0.2) is 60.8 Å². The summed E-state index contributed by atoms with van der Waals surface area (Å²) in [6.07, 6.45) is 1.88. The lowest BCUT2D eigenvalue weighted by Gasteiger charge is -2.12. The van der Waals surface area contributed by atoms with Gasteiger partial charge in [0.15, 0.2) is 0 Å². The van der Waals surface area contributed by atoms with Gasteiger partial charge in [-0.3, -0.25) is 4.68 Å². The van der Waals surface area contributed by atoms with Gasteiger partial charge in [0.1, 0.15) is 0 Å². The highest BCUT2D eigenvalue weighted by Crippen LogP contribution is 2.17. The molecule has 0 aliphatic heterocycles. The molecule has 0 spiro atoms. The fraction of sp³-hybridized carbons (Fsp3) is 0.133. The molecule has 0 amide bonds. The molecule has 0 aliphatic carbocycles. The van der Waals surface area contributed by atoms with Crippen LogP contribution in [0.2, 0.25) is 0 Å². The molecular formula is C15H15N3. The number of aromatic nitrogens is 2. The Morgan fingerprint density at radius 2 is 1.72 bits per heavy atom. The fourth-order valence-electron chi connectivity index (χ4n) is 2.16. The topological polar surface area (TPSA) is 43.8 Å². The third kappa shape index (κ3) is 2.00. The number of hydrogen-bond acceptors (Lipinski definition) is 2. The first-order valence-electron chi connectivity index (χ1n) is 6.05. The zero-order valence-electron chi connectivity index (χ0n) is 10.0. The lowest BCUT2D eigenvalue weighted by molar-refractivity contribution is 0.542. The van der Waals surface area contributed by atoms with Crippen molar-refractivity contribution in [3.8, 4) is 0 Å². The maximum atomic E-state index is 6.22. The Hall–Kier alpha value is -2.13. The van der Waals surface area contributed by atoms with Crippen LogP contribution in [-0.4, -0.2) is 9.78 Å². The number of rotatable bonds is 3. The predicted octanol–water partition coefficient (Wildman–Crippen LogP) is 2.74. The molecule has 0 fully saturated rings. The highest BCUT2D eigenvalue weighted by Gasteiger charge is 2.08. The number of fused-ring (bicyclic) bond motifs is 1. The van der Waals surface area contributed by atoms with E-state index < -0.39 is 0 Å². The number of nitrogens with two attached hydrogens (primary N) is 1. The van der Waals surface area contributed by atoms with E-state index in [4.69, 9.17) is 5.73 Å². The minimum atomic E-state index is -0.0329. The van der Waals surface area contributed by atoms with Crippen molar-refractivity contribution >= 4 is 10.9 Å². The molecule has 3 heteroatoms. The van der Waals surface area contributed by atoms with E-state index in [0.717, 1.165) is 16.5 Å². The minimum Gasteiger partial charge on any atom is -0.322 e. The van der Waals surface area contributed by atoms with Gasteiger partial charge in [0.25, 0.3) is 0 Å². The average molecular weight is 237 g/mol. The van der Waals surface area contributed by atoms with Crippen LogP contribution in [-0.2, 0) is 6.54 Å². The Morgan fingerprint density at radius 3 is 2.56 bits per heavy atom. The number of nitrogens with zero attached hydrogens (tertiary/aromatic N) is 2. The lowest BCUT2D eigenvalue weighted by Crippen LogP contribution is -2.18. The third-order valence-corrected chi connectivity index (χ3v) is 3.15. The van der Waals surface area contributed by atoms with Gasteiger partial charge in [-0.25, -0.2) is 0 Å². The second-order valence-corrected chi connectivity index (χ2v) is 4.40. The average Bonchev–Trinajstić information content (AvgIpc) is 2.83. The van der Waals surface area contributed by atoms with E-state index in [0.29, 0.717) is 6.54 Å². The molecule has 0 radical (unpaired) electrons. The van der Waals surface area contributed by atoms with Crippen LogP contribution in [0, 0.1) is 0 Å². The Morgan fingerprint density at radius 1 is 1.00 bits per heavy atom. The van der Waals surface area contributed by atoms with Crippen LogP contribution in [0.3, 0.4) is 0 Å². The normalized spacial score (nSPS) is 12.7. The van der Waals surface area contributed by atoms with Crippen molar-refractivity contribution in [1.82, 2.24) is 9.78 Å². The largest absolute Gasteiger partial charge is 0.322 e. The van der Waals surface area contributed by atoms with Gasteiger partial charge in [0, 0.05) is 11.4 Å². The molecular weight excluding hydrogens is 222 g/mol. The molecule has 1 atom stereocenters. The van der Waals surface area contributed by atoms with Crippen LogP contribution in [0.5, 0.6) is 0 Å². The zero-order valence-corrected chi connectivity index (χ0v) is 10.0. The second kappa shape index (κ2) is 4.63. The van der Waals surface area contributed by atoms with Gasteiger partial charge in [0.05, 0.1) is 18.3 Å². The quantitative estimate of drug-likeness (QED) is 0.761. The molecule has 3 aromatic rings. The first kappa shape index (κ1) is 11.0. The van der Waals surface area contributed by atoms with Crippen molar-refractivity contribution in [2.75, 3.05) is 0 Å². The molecule has 90 valence electrons. The highest BCUT2D eigenvalue weighted by atomic mass is 15.3. The smallest absolute Gasteiger partial charge is 0.0683 e. The van der Waals surface area contributed by atoms with E-state index in [-0.39, 0.29) is 6.04 Å². The number of benzene rings is 2. The Balaban J connectivity index is 1.89. The van der Waals surface area contributed by atoms with E-state index in [1.807, 2.05) is 41.2 Å². The summed E-state index contributed by atoms with van der Waals surface area (Å²) in [6, 6.07) is 18.3. The van der Waals surface area contributed by atoms with Gasteiger partial charge in [0.2, 0.25) is 0 Å². The van der Waals surface area contributed by atoms with Crippen molar-refractivity contribution in [2.24, 2.45) is 5.73 Å². The molecule has 0 aliphatic rings. The van der Waals surface area contributed by atoms with E-state index in [1.165, 1.54) is 0 Å². The first-order chi connectivity index (χ1) is 8.84. The van der Waals surface area contributed by atoms with Gasteiger partial charge in [-0.1, -0.05) is 48.5 Å². The summed E-state index contributed by atoms with van der Waals surface area (Å²) >= 11 is 0. The fourth-order valence-corrected chi connectivity index (χ4v) is 2.16. The van der Waals surface area contributed by atoms with Gasteiger partial charge in [-0.05, 0) is 11.6 Å². The van der Waals surface area contributed by atoms with Crippen LogP contribution in [0.25, 0.3) is 10.9 Å². The SMILES string of the molecule is NC(Cn1ncc2ccccc21)c1ccccc1. The summed E-state index contributed by atoms with van der Waals surface area (Å²) in [6.45, 7) is 0.692. The Bertz CT molecular complexity index is 643. The standard InChI is InChI=1S/C15H15N3/c16-14(12-6-2-1-3-7-12)11-18-15-9-5-4-8-13(15)10-17-18/h1-10,14H,11,16H2. The second-order valence-electron chi connectivity index (χ2n) is 4.40. The summed E-state index contributed by atoms with van der Waals surface area (Å²) in [4.78, 5) is 0. The van der Waals surface area contributed by atoms with Crippen molar-refractivity contribution in [3.63, 3.8) is 0 Å². The highest BCUT2D eigenvalue weighted by molar-refractivity contribution is 5.78. The molecule has 1 heterocycles. The molecule has 2 aromatic carbocycles. The Labute approximate surface area is 106 Å². The van der Waals surface area contributed by atoms with Gasteiger partial charge in [-0.15, -0.1) is 0 Å². The summed E-state index contributed by atoms with van der Waals surface area (Å²) in [5.74, 6) is 0. The zero-order chi connectivity index (χ0) is 12.4. The maximum absolute atomic E-state index is 6.22. The molecule has 0 saturated heterocycles. The van der Waals surface area contributed by atoms with E-state index in [2.05, 4.69) is 29.4 Å². The van der Waals surface area contributed by atoms with Crippen molar-refractivity contribution in [2.45, 2.75) is 12.6 Å². The summed E-state index contributed by atoms with van der Waals surface area (Å²) in [5.41, 5.74) is 8.48. The lowest BCUT2D eigenvalue weighted by atomic mass is 10.1. The van der Waals surface area contributed by atoms with Gasteiger partial charge >= 0.3 is 0 Å². The summed E-state index contributed by atoms with van der Waals surface area (Å²) in [5, 5.41) is 5.55. The maximum Gasteiger partial charge on any atom is 0.0683 e. The molecule has 2 N–H and O–H groups in total. The van der Waals surface area contributed by atoms with Crippen LogP contribution in [0.1, 0.15) is 11.6 Å². The van der Waals surface area contributed by atoms with E-state index in [9.17, 15) is 0 Å². The molecule has 1 unspecified atom stereocenters. The third-order valence-electron chi connectivity index (χ3n) is 3.15. The van der Waals surface area contributed by atoms with Gasteiger partial charge in [-0.2, -0.15) is 5.10 Å². The Kier molecular flexibility index (Phi) is 2.82. The molecule has 0 saturated carbocycles. The predicted molar refractivity (Wildman–Crippen MR) is 73.1 cm³/mol. The van der Waals surface area contributed by atoms with Crippen LogP contribution >= 0.6 is 0 Å². The van der Waals surface area contributed by atoms with E-state index in [1.54, 1.807) is 0 Å². The summed E-state index contributed by atoms with van der Waals surface area (Å²) < 4.78 is 1.97. The minimum absolute atomic E-state index is 0.0329. The van der Waals surface area contributed by atoms with Crippen LogP contribution in [0.4, 0.5) is 0 Å².